The highest BCUT2D eigenvalue weighted by Gasteiger charge is 2.39. The summed E-state index contributed by atoms with van der Waals surface area (Å²) in [5.74, 6) is 0.200. The monoisotopic (exact) mass is 399 g/mol. The van der Waals surface area contributed by atoms with Crippen LogP contribution in [0, 0.1) is 0 Å². The molecule has 132 valence electrons. The van der Waals surface area contributed by atoms with Crippen LogP contribution < -0.4 is 4.74 Å². The molecule has 1 aliphatic heterocycles. The first-order valence-corrected chi connectivity index (χ1v) is 8.39. The molecule has 1 amide bonds. The number of carbonyl (C=O) groups excluding carboxylic acids is 2. The number of fused-ring (bicyclic) bond motifs is 1. The van der Waals surface area contributed by atoms with Crippen molar-refractivity contribution < 1.29 is 23.8 Å². The lowest BCUT2D eigenvalue weighted by molar-refractivity contribution is -0.147. The fourth-order valence-electron chi connectivity index (χ4n) is 2.67. The minimum Gasteiger partial charge on any atom is -0.496 e. The molecule has 0 aromatic heterocycles. The number of rotatable bonds is 2. The van der Waals surface area contributed by atoms with Crippen LogP contribution in [-0.2, 0) is 27.2 Å². The first kappa shape index (κ1) is 18.6. The zero-order valence-electron chi connectivity index (χ0n) is 14.5. The van der Waals surface area contributed by atoms with Crippen molar-refractivity contribution in [2.45, 2.75) is 45.4 Å². The molecule has 0 N–H and O–H groups in total. The zero-order chi connectivity index (χ0) is 18.1. The van der Waals surface area contributed by atoms with Crippen molar-refractivity contribution in [3.8, 4) is 5.75 Å². The van der Waals surface area contributed by atoms with Gasteiger partial charge >= 0.3 is 12.1 Å². The van der Waals surface area contributed by atoms with Gasteiger partial charge < -0.3 is 14.2 Å². The third kappa shape index (κ3) is 3.83. The van der Waals surface area contributed by atoms with Gasteiger partial charge in [0.15, 0.2) is 0 Å². The van der Waals surface area contributed by atoms with Gasteiger partial charge in [-0.1, -0.05) is 15.9 Å². The van der Waals surface area contributed by atoms with E-state index in [-0.39, 0.29) is 6.54 Å². The van der Waals surface area contributed by atoms with Gasteiger partial charge in [0.2, 0.25) is 0 Å². The summed E-state index contributed by atoms with van der Waals surface area (Å²) in [4.78, 5) is 26.2. The first-order valence-electron chi connectivity index (χ1n) is 7.59. The average Bonchev–Trinajstić information content (AvgIpc) is 2.52. The molecule has 2 rings (SSSR count). The second-order valence-corrected chi connectivity index (χ2v) is 7.41. The van der Waals surface area contributed by atoms with E-state index in [1.54, 1.807) is 27.9 Å². The van der Waals surface area contributed by atoms with E-state index in [9.17, 15) is 9.59 Å². The Bertz CT molecular complexity index is 653. The van der Waals surface area contributed by atoms with Gasteiger partial charge in [-0.15, -0.1) is 0 Å². The molecule has 0 saturated heterocycles. The third-order valence-electron chi connectivity index (χ3n) is 3.75. The molecule has 0 saturated carbocycles. The molecule has 1 unspecified atom stereocenters. The highest BCUT2D eigenvalue weighted by Crippen LogP contribution is 2.36. The number of hydrogen-bond donors (Lipinski definition) is 0. The second-order valence-electron chi connectivity index (χ2n) is 6.56. The second kappa shape index (κ2) is 7.01. The molecule has 0 fully saturated rings. The van der Waals surface area contributed by atoms with Crippen LogP contribution in [0.5, 0.6) is 5.75 Å². The van der Waals surface area contributed by atoms with Crippen LogP contribution in [0.2, 0.25) is 0 Å². The largest absolute Gasteiger partial charge is 0.496 e. The lowest BCUT2D eigenvalue weighted by atomic mass is 9.93. The molecule has 0 bridgehead atoms. The summed E-state index contributed by atoms with van der Waals surface area (Å²) in [6.07, 6.45) is -0.218. The van der Waals surface area contributed by atoms with E-state index in [2.05, 4.69) is 15.9 Å². The summed E-state index contributed by atoms with van der Waals surface area (Å²) in [6.45, 7) is 5.57. The molecule has 1 atom stereocenters. The molecule has 0 radical (unpaired) electrons. The van der Waals surface area contributed by atoms with Crippen molar-refractivity contribution in [2.24, 2.45) is 0 Å². The van der Waals surface area contributed by atoms with Crippen LogP contribution in [0.25, 0.3) is 0 Å². The molecule has 0 aliphatic carbocycles. The summed E-state index contributed by atoms with van der Waals surface area (Å²) in [5, 5.41) is 0. The van der Waals surface area contributed by atoms with Crippen LogP contribution in [0.1, 0.15) is 31.9 Å². The van der Waals surface area contributed by atoms with Gasteiger partial charge in [0.05, 0.1) is 20.8 Å². The van der Waals surface area contributed by atoms with Gasteiger partial charge in [0.25, 0.3) is 0 Å². The van der Waals surface area contributed by atoms with E-state index in [1.165, 1.54) is 12.0 Å². The summed E-state index contributed by atoms with van der Waals surface area (Å²) in [5.41, 5.74) is 1.14. The Hall–Kier alpha value is -1.76. The van der Waals surface area contributed by atoms with Gasteiger partial charge in [0.1, 0.15) is 17.4 Å². The maximum absolute atomic E-state index is 12.6. The SMILES string of the molecule is COC(=O)C1Cc2c(Br)ccc(OC)c2CN1C(=O)OC(C)(C)C. The normalized spacial score (nSPS) is 17.1. The van der Waals surface area contributed by atoms with Gasteiger partial charge in [-0.3, -0.25) is 4.90 Å². The minimum absolute atomic E-state index is 0.215. The number of ether oxygens (including phenoxy) is 3. The Balaban J connectivity index is 2.44. The predicted molar refractivity (Wildman–Crippen MR) is 92.0 cm³/mol. The van der Waals surface area contributed by atoms with Crippen molar-refractivity contribution in [3.63, 3.8) is 0 Å². The first-order chi connectivity index (χ1) is 11.2. The third-order valence-corrected chi connectivity index (χ3v) is 4.50. The topological polar surface area (TPSA) is 65.1 Å². The molecule has 7 heteroatoms. The highest BCUT2D eigenvalue weighted by molar-refractivity contribution is 9.10. The van der Waals surface area contributed by atoms with Gasteiger partial charge in [0, 0.05) is 16.5 Å². The minimum atomic E-state index is -0.735. The summed E-state index contributed by atoms with van der Waals surface area (Å²) in [6, 6.07) is 2.96. The standard InChI is InChI=1S/C17H22BrNO5/c1-17(2,3)24-16(21)19-9-11-10(8-13(19)15(20)23-5)12(18)6-7-14(11)22-4/h6-7,13H,8-9H2,1-5H3. The number of methoxy groups -OCH3 is 2. The molecule has 24 heavy (non-hydrogen) atoms. The summed E-state index contributed by atoms with van der Waals surface area (Å²) >= 11 is 3.51. The Morgan fingerprint density at radius 2 is 1.88 bits per heavy atom. The molecule has 1 aliphatic rings. The van der Waals surface area contributed by atoms with Crippen molar-refractivity contribution >= 4 is 28.0 Å². The number of hydrogen-bond acceptors (Lipinski definition) is 5. The van der Waals surface area contributed by atoms with E-state index in [0.717, 1.165) is 15.6 Å². The Labute approximate surface area is 150 Å². The number of benzene rings is 1. The number of esters is 1. The van der Waals surface area contributed by atoms with E-state index >= 15 is 0 Å². The molecular weight excluding hydrogens is 378 g/mol. The van der Waals surface area contributed by atoms with Crippen molar-refractivity contribution in [1.82, 2.24) is 4.90 Å². The van der Waals surface area contributed by atoms with E-state index in [0.29, 0.717) is 12.2 Å². The number of carbonyl (C=O) groups is 2. The Kier molecular flexibility index (Phi) is 5.42. The van der Waals surface area contributed by atoms with Crippen molar-refractivity contribution in [3.05, 3.63) is 27.7 Å². The summed E-state index contributed by atoms with van der Waals surface area (Å²) < 4.78 is 16.6. The highest BCUT2D eigenvalue weighted by atomic mass is 79.9. The molecule has 0 spiro atoms. The van der Waals surface area contributed by atoms with Crippen LogP contribution in [0.15, 0.2) is 16.6 Å². The Morgan fingerprint density at radius 3 is 2.42 bits per heavy atom. The van der Waals surface area contributed by atoms with Gasteiger partial charge in [-0.05, 0) is 38.5 Å². The molecule has 1 heterocycles. The average molecular weight is 400 g/mol. The molecule has 1 aromatic rings. The predicted octanol–water partition coefficient (Wildman–Crippen LogP) is 3.29. The Morgan fingerprint density at radius 1 is 1.21 bits per heavy atom. The van der Waals surface area contributed by atoms with Crippen LogP contribution in [0.3, 0.4) is 0 Å². The zero-order valence-corrected chi connectivity index (χ0v) is 16.1. The van der Waals surface area contributed by atoms with Crippen molar-refractivity contribution in [1.29, 1.82) is 0 Å². The molecular formula is C17H22BrNO5. The van der Waals surface area contributed by atoms with Crippen LogP contribution in [0.4, 0.5) is 4.79 Å². The fraction of sp³-hybridized carbons (Fsp3) is 0.529. The smallest absolute Gasteiger partial charge is 0.411 e. The lowest BCUT2D eigenvalue weighted by Gasteiger charge is -2.37. The van der Waals surface area contributed by atoms with Crippen molar-refractivity contribution in [2.75, 3.05) is 14.2 Å². The number of nitrogens with zero attached hydrogens (tertiary/aromatic N) is 1. The lowest BCUT2D eigenvalue weighted by Crippen LogP contribution is -2.50. The quantitative estimate of drug-likeness (QED) is 0.713. The van der Waals surface area contributed by atoms with Gasteiger partial charge in [-0.25, -0.2) is 9.59 Å². The maximum Gasteiger partial charge on any atom is 0.411 e. The number of amides is 1. The fourth-order valence-corrected chi connectivity index (χ4v) is 3.20. The van der Waals surface area contributed by atoms with Crippen LogP contribution in [-0.4, -0.2) is 42.8 Å². The maximum atomic E-state index is 12.6. The molecule has 1 aromatic carbocycles. The van der Waals surface area contributed by atoms with E-state index in [1.807, 2.05) is 12.1 Å². The van der Waals surface area contributed by atoms with E-state index < -0.39 is 23.7 Å². The number of halogens is 1. The van der Waals surface area contributed by atoms with E-state index in [4.69, 9.17) is 14.2 Å². The summed E-state index contributed by atoms with van der Waals surface area (Å²) in [7, 11) is 2.89. The van der Waals surface area contributed by atoms with Gasteiger partial charge in [-0.2, -0.15) is 0 Å². The van der Waals surface area contributed by atoms with Crippen LogP contribution >= 0.6 is 15.9 Å². The molecule has 6 nitrogen and oxygen atoms in total.